The molecule has 0 rings (SSSR count). The van der Waals surface area contributed by atoms with Crippen molar-refractivity contribution in [3.05, 3.63) is 0 Å². The summed E-state index contributed by atoms with van der Waals surface area (Å²) < 4.78 is 0. The maximum Gasteiger partial charge on any atom is 0.158 e. The molecule has 0 heterocycles. The van der Waals surface area contributed by atoms with Gasteiger partial charge in [-0.3, -0.25) is 4.79 Å². The number of carbonyl (C=O) groups excluding carboxylic acids is 1. The summed E-state index contributed by atoms with van der Waals surface area (Å²) in [5.41, 5.74) is -0.680. The van der Waals surface area contributed by atoms with Gasteiger partial charge in [-0.1, -0.05) is 27.7 Å². The van der Waals surface area contributed by atoms with Crippen molar-refractivity contribution in [2.75, 3.05) is 7.05 Å². The Kier molecular flexibility index (Phi) is 3.68. The largest absolute Gasteiger partial charge is 0.308 e. The molecule has 0 fully saturated rings. The molecular formula is C11H23NO. The van der Waals surface area contributed by atoms with E-state index in [-0.39, 0.29) is 11.2 Å². The van der Waals surface area contributed by atoms with E-state index in [9.17, 15) is 4.79 Å². The zero-order valence-electron chi connectivity index (χ0n) is 9.99. The van der Waals surface area contributed by atoms with E-state index in [1.54, 1.807) is 0 Å². The van der Waals surface area contributed by atoms with Gasteiger partial charge >= 0.3 is 0 Å². The molecule has 13 heavy (non-hydrogen) atoms. The fraction of sp³-hybridized carbons (Fsp3) is 0.909. The summed E-state index contributed by atoms with van der Waals surface area (Å²) in [6.45, 7) is 12.1. The molecule has 0 saturated heterocycles. The second kappa shape index (κ2) is 3.79. The Balaban J connectivity index is 4.79. The summed E-state index contributed by atoms with van der Waals surface area (Å²) in [7, 11) is 1.83. The molecule has 0 spiro atoms. The first-order valence-electron chi connectivity index (χ1n) is 4.90. The Morgan fingerprint density at radius 3 is 1.77 bits per heavy atom. The Bertz CT molecular complexity index is 192. The van der Waals surface area contributed by atoms with Gasteiger partial charge in [-0.25, -0.2) is 0 Å². The van der Waals surface area contributed by atoms with E-state index >= 15 is 0 Å². The molecule has 2 heteroatoms. The van der Waals surface area contributed by atoms with Gasteiger partial charge in [0, 0.05) is 5.41 Å². The summed E-state index contributed by atoms with van der Waals surface area (Å²) >= 11 is 0. The Hall–Kier alpha value is -0.370. The number of likely N-dealkylation sites (N-methyl/N-ethyl adjacent to an activating group) is 1. The summed E-state index contributed by atoms with van der Waals surface area (Å²) in [5.74, 6) is 0.644. The van der Waals surface area contributed by atoms with Crippen LogP contribution >= 0.6 is 0 Å². The van der Waals surface area contributed by atoms with Crippen molar-refractivity contribution >= 4 is 5.78 Å². The smallest absolute Gasteiger partial charge is 0.158 e. The Morgan fingerprint density at radius 1 is 1.15 bits per heavy atom. The van der Waals surface area contributed by atoms with Crippen molar-refractivity contribution in [3.63, 3.8) is 0 Å². The van der Waals surface area contributed by atoms with Gasteiger partial charge in [0.25, 0.3) is 0 Å². The molecule has 0 atom stereocenters. The van der Waals surface area contributed by atoms with Crippen LogP contribution < -0.4 is 5.32 Å². The highest BCUT2D eigenvalue weighted by molar-refractivity contribution is 5.92. The molecule has 0 unspecified atom stereocenters. The Labute approximate surface area is 82.1 Å². The van der Waals surface area contributed by atoms with Gasteiger partial charge in [-0.05, 0) is 26.8 Å². The first-order chi connectivity index (χ1) is 5.66. The highest BCUT2D eigenvalue weighted by Crippen LogP contribution is 2.31. The van der Waals surface area contributed by atoms with Crippen LogP contribution in [0.15, 0.2) is 0 Å². The summed E-state index contributed by atoms with van der Waals surface area (Å²) in [6, 6.07) is 0. The minimum absolute atomic E-state index is 0.257. The van der Waals surface area contributed by atoms with E-state index < -0.39 is 5.54 Å². The van der Waals surface area contributed by atoms with E-state index in [1.165, 1.54) is 0 Å². The van der Waals surface area contributed by atoms with Crippen molar-refractivity contribution in [2.45, 2.75) is 47.1 Å². The zero-order valence-corrected chi connectivity index (χ0v) is 9.99. The molecule has 0 aliphatic heterocycles. The number of carbonyl (C=O) groups is 1. The highest BCUT2D eigenvalue weighted by atomic mass is 16.1. The third-order valence-electron chi connectivity index (χ3n) is 3.22. The monoisotopic (exact) mass is 185 g/mol. The predicted octanol–water partition coefficient (Wildman–Crippen LogP) is 2.24. The first-order valence-corrected chi connectivity index (χ1v) is 4.90. The predicted molar refractivity (Wildman–Crippen MR) is 56.8 cm³/mol. The molecule has 0 bridgehead atoms. The molecular weight excluding hydrogens is 162 g/mol. The zero-order chi connectivity index (χ0) is 10.9. The van der Waals surface area contributed by atoms with Gasteiger partial charge < -0.3 is 5.32 Å². The van der Waals surface area contributed by atoms with Crippen LogP contribution in [-0.4, -0.2) is 18.4 Å². The van der Waals surface area contributed by atoms with E-state index in [2.05, 4.69) is 19.2 Å². The fourth-order valence-electron chi connectivity index (χ4n) is 1.18. The van der Waals surface area contributed by atoms with E-state index in [1.807, 2.05) is 34.7 Å². The van der Waals surface area contributed by atoms with Gasteiger partial charge in [0.05, 0.1) is 5.54 Å². The summed E-state index contributed by atoms with van der Waals surface area (Å²) in [6.07, 6.45) is 0. The maximum absolute atomic E-state index is 12.1. The maximum atomic E-state index is 12.1. The minimum atomic E-state index is -0.423. The van der Waals surface area contributed by atoms with Crippen LogP contribution in [0.4, 0.5) is 0 Å². The standard InChI is InChI=1S/C11H23NO/c1-8(2)10(3,4)9(13)11(5,6)12-7/h8,12H,1-7H3. The molecule has 78 valence electrons. The number of ketones is 1. The van der Waals surface area contributed by atoms with Crippen molar-refractivity contribution in [1.29, 1.82) is 0 Å². The molecule has 0 aliphatic rings. The van der Waals surface area contributed by atoms with Gasteiger partial charge in [0.1, 0.15) is 0 Å². The number of nitrogens with one attached hydrogen (secondary N) is 1. The second-order valence-corrected chi connectivity index (χ2v) is 5.08. The number of hydrogen-bond donors (Lipinski definition) is 1. The van der Waals surface area contributed by atoms with E-state index in [0.717, 1.165) is 0 Å². The van der Waals surface area contributed by atoms with Crippen molar-refractivity contribution in [1.82, 2.24) is 5.32 Å². The van der Waals surface area contributed by atoms with Gasteiger partial charge in [0.15, 0.2) is 5.78 Å². The molecule has 0 amide bonds. The van der Waals surface area contributed by atoms with Crippen molar-refractivity contribution in [3.8, 4) is 0 Å². The van der Waals surface area contributed by atoms with Crippen LogP contribution in [-0.2, 0) is 4.79 Å². The van der Waals surface area contributed by atoms with Crippen LogP contribution in [0.5, 0.6) is 0 Å². The molecule has 0 aliphatic carbocycles. The lowest BCUT2D eigenvalue weighted by Crippen LogP contribution is -2.52. The topological polar surface area (TPSA) is 29.1 Å². The fourth-order valence-corrected chi connectivity index (χ4v) is 1.18. The second-order valence-electron chi connectivity index (χ2n) is 5.08. The summed E-state index contributed by atoms with van der Waals surface area (Å²) in [5, 5.41) is 3.05. The lowest BCUT2D eigenvalue weighted by atomic mass is 9.71. The first kappa shape index (κ1) is 12.6. The molecule has 0 aromatic heterocycles. The lowest BCUT2D eigenvalue weighted by Gasteiger charge is -2.35. The van der Waals surface area contributed by atoms with Crippen LogP contribution in [0, 0.1) is 11.3 Å². The molecule has 0 radical (unpaired) electrons. The highest BCUT2D eigenvalue weighted by Gasteiger charge is 2.39. The average molecular weight is 185 g/mol. The molecule has 0 saturated carbocycles. The molecule has 0 aromatic carbocycles. The average Bonchev–Trinajstić information content (AvgIpc) is 2.02. The molecule has 2 nitrogen and oxygen atoms in total. The third-order valence-corrected chi connectivity index (χ3v) is 3.22. The van der Waals surface area contributed by atoms with Gasteiger partial charge in [0.2, 0.25) is 0 Å². The quantitative estimate of drug-likeness (QED) is 0.727. The number of Topliss-reactive ketones (excluding diaryl/α,β-unsaturated/α-hetero) is 1. The lowest BCUT2D eigenvalue weighted by molar-refractivity contribution is -0.134. The van der Waals surface area contributed by atoms with Crippen molar-refractivity contribution < 1.29 is 4.79 Å². The Morgan fingerprint density at radius 2 is 1.54 bits per heavy atom. The summed E-state index contributed by atoms with van der Waals surface area (Å²) in [4.78, 5) is 12.1. The van der Waals surface area contributed by atoms with Crippen LogP contribution in [0.1, 0.15) is 41.5 Å². The van der Waals surface area contributed by atoms with Crippen molar-refractivity contribution in [2.24, 2.45) is 11.3 Å². The number of rotatable bonds is 4. The molecule has 0 aromatic rings. The molecule has 1 N–H and O–H groups in total. The van der Waals surface area contributed by atoms with Gasteiger partial charge in [-0.15, -0.1) is 0 Å². The SMILES string of the molecule is CNC(C)(C)C(=O)C(C)(C)C(C)C. The normalized spacial score (nSPS) is 13.5. The van der Waals surface area contributed by atoms with E-state index in [0.29, 0.717) is 5.92 Å². The van der Waals surface area contributed by atoms with E-state index in [4.69, 9.17) is 0 Å². The number of hydrogen-bond acceptors (Lipinski definition) is 2. The minimum Gasteiger partial charge on any atom is -0.308 e. The van der Waals surface area contributed by atoms with Crippen LogP contribution in [0.2, 0.25) is 0 Å². The van der Waals surface area contributed by atoms with Gasteiger partial charge in [-0.2, -0.15) is 0 Å². The van der Waals surface area contributed by atoms with Crippen LogP contribution in [0.3, 0.4) is 0 Å². The third kappa shape index (κ3) is 2.53. The van der Waals surface area contributed by atoms with Crippen LogP contribution in [0.25, 0.3) is 0 Å².